The van der Waals surface area contributed by atoms with Gasteiger partial charge in [0.25, 0.3) is 0 Å². The molecule has 3 aromatic carbocycles. The molecule has 0 aliphatic heterocycles. The fourth-order valence-electron chi connectivity index (χ4n) is 3.19. The predicted octanol–water partition coefficient (Wildman–Crippen LogP) is 5.65. The van der Waals surface area contributed by atoms with Crippen LogP contribution in [0.3, 0.4) is 0 Å². The second-order valence-electron chi connectivity index (χ2n) is 6.62. The summed E-state index contributed by atoms with van der Waals surface area (Å²) in [6, 6.07) is 22.0. The number of nitrogens with zero attached hydrogens (tertiary/aromatic N) is 2. The minimum Gasteiger partial charge on any atom is -0.497 e. The van der Waals surface area contributed by atoms with E-state index in [0.717, 1.165) is 38.8 Å². The third-order valence-electron chi connectivity index (χ3n) is 4.76. The molecule has 30 heavy (non-hydrogen) atoms. The summed E-state index contributed by atoms with van der Waals surface area (Å²) in [5.41, 5.74) is 3.77. The standard InChI is InChI=1S/C24H21FN2O2S/c1-28-21-13-11-20(12-14-21)26-24-27(15-18-5-3-4-6-23(18)29-2)22(16-30-24)17-7-9-19(25)10-8-17/h3-14,16H,15H2,1-2H3. The van der Waals surface area contributed by atoms with Crippen LogP contribution < -0.4 is 14.3 Å². The van der Waals surface area contributed by atoms with Gasteiger partial charge in [0.05, 0.1) is 32.1 Å². The van der Waals surface area contributed by atoms with Gasteiger partial charge < -0.3 is 14.0 Å². The van der Waals surface area contributed by atoms with E-state index < -0.39 is 0 Å². The Morgan fingerprint density at radius 2 is 1.63 bits per heavy atom. The Bertz CT molecular complexity index is 1200. The van der Waals surface area contributed by atoms with Crippen LogP contribution in [0.2, 0.25) is 0 Å². The predicted molar refractivity (Wildman–Crippen MR) is 118 cm³/mol. The highest BCUT2D eigenvalue weighted by Gasteiger charge is 2.11. The van der Waals surface area contributed by atoms with Crippen LogP contribution in [0.25, 0.3) is 11.3 Å². The quantitative estimate of drug-likeness (QED) is 0.404. The SMILES string of the molecule is COc1ccc(N=c2scc(-c3ccc(F)cc3)n2Cc2ccccc2OC)cc1. The van der Waals surface area contributed by atoms with Gasteiger partial charge >= 0.3 is 0 Å². The third kappa shape index (κ3) is 4.28. The first-order valence-electron chi connectivity index (χ1n) is 9.43. The lowest BCUT2D eigenvalue weighted by Crippen LogP contribution is -2.17. The lowest BCUT2D eigenvalue weighted by molar-refractivity contribution is 0.408. The van der Waals surface area contributed by atoms with Gasteiger partial charge in [0.2, 0.25) is 0 Å². The molecule has 0 N–H and O–H groups in total. The van der Waals surface area contributed by atoms with Crippen molar-refractivity contribution in [1.82, 2.24) is 4.57 Å². The van der Waals surface area contributed by atoms with Gasteiger partial charge in [-0.15, -0.1) is 11.3 Å². The first-order chi connectivity index (χ1) is 14.7. The average Bonchev–Trinajstić information content (AvgIpc) is 3.17. The van der Waals surface area contributed by atoms with Crippen LogP contribution in [0, 0.1) is 5.82 Å². The van der Waals surface area contributed by atoms with Crippen LogP contribution in [-0.4, -0.2) is 18.8 Å². The summed E-state index contributed by atoms with van der Waals surface area (Å²) >= 11 is 1.54. The Hall–Kier alpha value is -3.38. The van der Waals surface area contributed by atoms with Crippen LogP contribution in [0.5, 0.6) is 11.5 Å². The summed E-state index contributed by atoms with van der Waals surface area (Å²) in [4.78, 5) is 5.68. The lowest BCUT2D eigenvalue weighted by Gasteiger charge is -2.12. The van der Waals surface area contributed by atoms with Gasteiger partial charge in [-0.1, -0.05) is 18.2 Å². The molecule has 4 nitrogen and oxygen atoms in total. The molecular weight excluding hydrogens is 399 g/mol. The van der Waals surface area contributed by atoms with Gasteiger partial charge in [-0.3, -0.25) is 0 Å². The molecule has 0 saturated heterocycles. The molecule has 0 amide bonds. The van der Waals surface area contributed by atoms with Crippen LogP contribution in [0.4, 0.5) is 10.1 Å². The van der Waals surface area contributed by atoms with Crippen molar-refractivity contribution in [3.63, 3.8) is 0 Å². The van der Waals surface area contributed by atoms with E-state index >= 15 is 0 Å². The van der Waals surface area contributed by atoms with Crippen LogP contribution in [0.15, 0.2) is 83.2 Å². The molecule has 0 saturated carbocycles. The van der Waals surface area contributed by atoms with E-state index in [4.69, 9.17) is 14.5 Å². The smallest absolute Gasteiger partial charge is 0.190 e. The molecule has 0 fully saturated rings. The van der Waals surface area contributed by atoms with E-state index in [9.17, 15) is 4.39 Å². The molecule has 4 rings (SSSR count). The molecule has 0 radical (unpaired) electrons. The highest BCUT2D eigenvalue weighted by Crippen LogP contribution is 2.25. The molecule has 1 aromatic heterocycles. The largest absolute Gasteiger partial charge is 0.497 e. The van der Waals surface area contributed by atoms with E-state index in [0.29, 0.717) is 6.54 Å². The van der Waals surface area contributed by atoms with Crippen LogP contribution in [-0.2, 0) is 6.54 Å². The molecule has 4 aromatic rings. The highest BCUT2D eigenvalue weighted by atomic mass is 32.1. The van der Waals surface area contributed by atoms with Crippen molar-refractivity contribution in [3.8, 4) is 22.8 Å². The first-order valence-corrected chi connectivity index (χ1v) is 10.3. The topological polar surface area (TPSA) is 35.8 Å². The molecule has 0 unspecified atom stereocenters. The molecule has 0 aliphatic carbocycles. The Balaban J connectivity index is 1.83. The lowest BCUT2D eigenvalue weighted by atomic mass is 10.1. The van der Waals surface area contributed by atoms with Crippen molar-refractivity contribution in [3.05, 3.63) is 94.4 Å². The summed E-state index contributed by atoms with van der Waals surface area (Å²) in [6.45, 7) is 0.579. The van der Waals surface area contributed by atoms with Gasteiger partial charge in [-0.05, 0) is 60.2 Å². The Labute approximate surface area is 178 Å². The van der Waals surface area contributed by atoms with E-state index in [2.05, 4.69) is 4.57 Å². The Morgan fingerprint density at radius 3 is 2.33 bits per heavy atom. The molecule has 0 aliphatic rings. The number of methoxy groups -OCH3 is 2. The summed E-state index contributed by atoms with van der Waals surface area (Å²) < 4.78 is 26.3. The van der Waals surface area contributed by atoms with E-state index in [1.165, 1.54) is 12.1 Å². The van der Waals surface area contributed by atoms with Crippen LogP contribution in [0.1, 0.15) is 5.56 Å². The molecule has 0 atom stereocenters. The number of rotatable bonds is 6. The van der Waals surface area contributed by atoms with Gasteiger partial charge in [0, 0.05) is 10.9 Å². The number of halogens is 1. The van der Waals surface area contributed by atoms with Crippen molar-refractivity contribution in [2.75, 3.05) is 14.2 Å². The monoisotopic (exact) mass is 420 g/mol. The van der Waals surface area contributed by atoms with Gasteiger partial charge in [0.15, 0.2) is 4.80 Å². The normalized spacial score (nSPS) is 11.5. The molecular formula is C24H21FN2O2S. The third-order valence-corrected chi connectivity index (χ3v) is 5.62. The van der Waals surface area contributed by atoms with Gasteiger partial charge in [-0.25, -0.2) is 9.38 Å². The minimum absolute atomic E-state index is 0.256. The van der Waals surface area contributed by atoms with E-state index in [1.54, 1.807) is 37.7 Å². The second kappa shape index (κ2) is 8.97. The zero-order chi connectivity index (χ0) is 20.9. The number of para-hydroxylation sites is 1. The maximum absolute atomic E-state index is 13.5. The summed E-state index contributed by atoms with van der Waals surface area (Å²) in [5.74, 6) is 1.35. The van der Waals surface area contributed by atoms with Crippen molar-refractivity contribution in [1.29, 1.82) is 0 Å². The molecule has 0 spiro atoms. The maximum atomic E-state index is 13.5. The average molecular weight is 421 g/mol. The van der Waals surface area contributed by atoms with Crippen molar-refractivity contribution in [2.45, 2.75) is 6.54 Å². The number of thiazole rings is 1. The summed E-state index contributed by atoms with van der Waals surface area (Å²) in [6.07, 6.45) is 0. The van der Waals surface area contributed by atoms with Gasteiger partial charge in [-0.2, -0.15) is 0 Å². The number of ether oxygens (including phenoxy) is 2. The fraction of sp³-hybridized carbons (Fsp3) is 0.125. The molecule has 1 heterocycles. The number of benzene rings is 3. The van der Waals surface area contributed by atoms with Crippen molar-refractivity contribution in [2.24, 2.45) is 4.99 Å². The molecule has 0 bridgehead atoms. The Kier molecular flexibility index (Phi) is 5.95. The van der Waals surface area contributed by atoms with Gasteiger partial charge in [0.1, 0.15) is 17.3 Å². The van der Waals surface area contributed by atoms with E-state index in [-0.39, 0.29) is 5.82 Å². The van der Waals surface area contributed by atoms with E-state index in [1.807, 2.05) is 53.9 Å². The summed E-state index contributed by atoms with van der Waals surface area (Å²) in [5, 5.41) is 2.05. The number of aromatic nitrogens is 1. The van der Waals surface area contributed by atoms with Crippen molar-refractivity contribution >= 4 is 17.0 Å². The van der Waals surface area contributed by atoms with Crippen molar-refractivity contribution < 1.29 is 13.9 Å². The van der Waals surface area contributed by atoms with Crippen LogP contribution >= 0.6 is 11.3 Å². The maximum Gasteiger partial charge on any atom is 0.190 e. The highest BCUT2D eigenvalue weighted by molar-refractivity contribution is 7.07. The number of hydrogen-bond acceptors (Lipinski definition) is 4. The zero-order valence-corrected chi connectivity index (χ0v) is 17.5. The molecule has 152 valence electrons. The Morgan fingerprint density at radius 1 is 0.900 bits per heavy atom. The fourth-order valence-corrected chi connectivity index (χ4v) is 4.12. The summed E-state index contributed by atoms with van der Waals surface area (Å²) in [7, 11) is 3.31. The minimum atomic E-state index is -0.256. The number of hydrogen-bond donors (Lipinski definition) is 0. The molecule has 6 heteroatoms. The first kappa shape index (κ1) is 19.9. The zero-order valence-electron chi connectivity index (χ0n) is 16.7. The second-order valence-corrected chi connectivity index (χ2v) is 7.45.